The maximum absolute atomic E-state index is 12.4. The van der Waals surface area contributed by atoms with Crippen LogP contribution in [0.5, 0.6) is 23.0 Å². The van der Waals surface area contributed by atoms with Gasteiger partial charge in [-0.3, -0.25) is 4.79 Å². The fraction of sp³-hybridized carbons (Fsp3) is 0.194. The molecule has 0 heterocycles. The zero-order valence-electron chi connectivity index (χ0n) is 20.9. The molecule has 0 saturated heterocycles. The van der Waals surface area contributed by atoms with Gasteiger partial charge in [-0.2, -0.15) is 0 Å². The molecule has 0 saturated carbocycles. The molecule has 1 amide bonds. The van der Waals surface area contributed by atoms with E-state index in [4.69, 9.17) is 14.2 Å². The second kappa shape index (κ2) is 13.0. The summed E-state index contributed by atoms with van der Waals surface area (Å²) in [6.07, 6.45) is 0.820. The van der Waals surface area contributed by atoms with Crippen LogP contribution in [0, 0.1) is 0 Å². The lowest BCUT2D eigenvalue weighted by atomic mass is 10.1. The minimum Gasteiger partial charge on any atom is -0.504 e. The molecule has 4 aromatic carbocycles. The lowest BCUT2D eigenvalue weighted by molar-refractivity contribution is -0.120. The first-order valence-electron chi connectivity index (χ1n) is 12.2. The number of aromatic hydroxyl groups is 1. The van der Waals surface area contributed by atoms with Gasteiger partial charge in [0.05, 0.1) is 13.5 Å². The fourth-order valence-corrected chi connectivity index (χ4v) is 3.85. The third-order valence-electron chi connectivity index (χ3n) is 5.83. The number of methoxy groups -OCH3 is 1. The Morgan fingerprint density at radius 2 is 1.30 bits per heavy atom. The Balaban J connectivity index is 1.23. The van der Waals surface area contributed by atoms with E-state index >= 15 is 0 Å². The van der Waals surface area contributed by atoms with E-state index in [1.54, 1.807) is 25.3 Å². The summed E-state index contributed by atoms with van der Waals surface area (Å²) in [5, 5.41) is 13.2. The summed E-state index contributed by atoms with van der Waals surface area (Å²) in [7, 11) is 1.61. The second-order valence-electron chi connectivity index (χ2n) is 8.61. The van der Waals surface area contributed by atoms with E-state index < -0.39 is 0 Å². The Morgan fingerprint density at radius 1 is 0.703 bits per heavy atom. The van der Waals surface area contributed by atoms with Crippen LogP contribution >= 0.6 is 0 Å². The largest absolute Gasteiger partial charge is 0.504 e. The predicted octanol–water partition coefficient (Wildman–Crippen LogP) is 5.46. The van der Waals surface area contributed by atoms with E-state index in [1.165, 1.54) is 0 Å². The first-order chi connectivity index (χ1) is 18.1. The van der Waals surface area contributed by atoms with Crippen molar-refractivity contribution in [1.29, 1.82) is 0 Å². The molecule has 0 atom stereocenters. The summed E-state index contributed by atoms with van der Waals surface area (Å²) < 4.78 is 17.1. The number of carbonyl (C=O) groups is 1. The molecule has 0 aliphatic heterocycles. The number of benzene rings is 4. The topological polar surface area (TPSA) is 77.0 Å². The smallest absolute Gasteiger partial charge is 0.224 e. The Bertz CT molecular complexity index is 1290. The lowest BCUT2D eigenvalue weighted by Crippen LogP contribution is -2.27. The van der Waals surface area contributed by atoms with Gasteiger partial charge in [0, 0.05) is 6.54 Å². The average molecular weight is 498 g/mol. The first kappa shape index (κ1) is 25.6. The van der Waals surface area contributed by atoms with Crippen molar-refractivity contribution in [1.82, 2.24) is 5.32 Å². The van der Waals surface area contributed by atoms with Crippen LogP contribution in [0.2, 0.25) is 0 Å². The van der Waals surface area contributed by atoms with E-state index in [2.05, 4.69) is 5.32 Å². The monoisotopic (exact) mass is 497 g/mol. The molecule has 0 fully saturated rings. The molecule has 0 radical (unpaired) electrons. The van der Waals surface area contributed by atoms with Gasteiger partial charge in [0.15, 0.2) is 23.0 Å². The van der Waals surface area contributed by atoms with Crippen LogP contribution in [0.1, 0.15) is 22.3 Å². The Morgan fingerprint density at radius 3 is 1.92 bits per heavy atom. The summed E-state index contributed by atoms with van der Waals surface area (Å²) in [6, 6.07) is 30.5. The van der Waals surface area contributed by atoms with E-state index in [1.807, 2.05) is 78.9 Å². The number of rotatable bonds is 12. The standard InChI is InChI=1S/C31H31NO5/c1-35-30-19-23(12-15-29(30)37-22-25-10-6-3-7-11-25)16-17-32-31(34)20-26-13-14-28(27(33)18-26)36-21-24-8-4-2-5-9-24/h2-15,18-19,33H,16-17,20-22H2,1H3,(H,32,34). The molecule has 0 spiro atoms. The van der Waals surface area contributed by atoms with Gasteiger partial charge in [0.25, 0.3) is 0 Å². The highest BCUT2D eigenvalue weighted by atomic mass is 16.5. The van der Waals surface area contributed by atoms with Crippen LogP contribution in [-0.2, 0) is 30.8 Å². The average Bonchev–Trinajstić information content (AvgIpc) is 2.93. The Hall–Kier alpha value is -4.45. The molecule has 37 heavy (non-hydrogen) atoms. The number of hydrogen-bond donors (Lipinski definition) is 2. The van der Waals surface area contributed by atoms with Crippen molar-refractivity contribution in [2.45, 2.75) is 26.1 Å². The number of phenols is 1. The maximum atomic E-state index is 12.4. The molecule has 6 nitrogen and oxygen atoms in total. The summed E-state index contributed by atoms with van der Waals surface area (Å²) in [5.41, 5.74) is 3.83. The molecular weight excluding hydrogens is 466 g/mol. The molecule has 6 heteroatoms. The van der Waals surface area contributed by atoms with Crippen molar-refractivity contribution < 1.29 is 24.1 Å². The molecule has 0 aromatic heterocycles. The van der Waals surface area contributed by atoms with Crippen molar-refractivity contribution in [3.8, 4) is 23.0 Å². The molecule has 2 N–H and O–H groups in total. The minimum absolute atomic E-state index is 0.0166. The summed E-state index contributed by atoms with van der Waals surface area (Å²) in [6.45, 7) is 1.30. The number of carbonyl (C=O) groups excluding carboxylic acids is 1. The third kappa shape index (κ3) is 7.77. The Kier molecular flexibility index (Phi) is 9.02. The lowest BCUT2D eigenvalue weighted by Gasteiger charge is -2.13. The minimum atomic E-state index is -0.118. The van der Waals surface area contributed by atoms with Crippen LogP contribution in [0.25, 0.3) is 0 Å². The van der Waals surface area contributed by atoms with Gasteiger partial charge in [-0.1, -0.05) is 72.8 Å². The normalized spacial score (nSPS) is 10.5. The molecule has 4 aromatic rings. The highest BCUT2D eigenvalue weighted by molar-refractivity contribution is 5.78. The van der Waals surface area contributed by atoms with Crippen LogP contribution in [-0.4, -0.2) is 24.7 Å². The maximum Gasteiger partial charge on any atom is 0.224 e. The second-order valence-corrected chi connectivity index (χ2v) is 8.61. The van der Waals surface area contributed by atoms with Crippen molar-refractivity contribution in [2.75, 3.05) is 13.7 Å². The number of phenolic OH excluding ortho intramolecular Hbond substituents is 1. The van der Waals surface area contributed by atoms with Crippen LogP contribution < -0.4 is 19.5 Å². The van der Waals surface area contributed by atoms with Gasteiger partial charge >= 0.3 is 0 Å². The molecule has 0 bridgehead atoms. The van der Waals surface area contributed by atoms with Gasteiger partial charge in [-0.25, -0.2) is 0 Å². The number of ether oxygens (including phenoxy) is 3. The summed E-state index contributed by atoms with van der Waals surface area (Å²) in [4.78, 5) is 12.4. The van der Waals surface area contributed by atoms with Crippen molar-refractivity contribution in [3.05, 3.63) is 119 Å². The first-order valence-corrected chi connectivity index (χ1v) is 12.2. The quantitative estimate of drug-likeness (QED) is 0.272. The molecule has 0 unspecified atom stereocenters. The van der Waals surface area contributed by atoms with Gasteiger partial charge < -0.3 is 24.6 Å². The molecule has 4 rings (SSSR count). The third-order valence-corrected chi connectivity index (χ3v) is 5.83. The Labute approximate surface area is 217 Å². The van der Waals surface area contributed by atoms with Gasteiger partial charge in [-0.15, -0.1) is 0 Å². The van der Waals surface area contributed by atoms with Gasteiger partial charge in [0.1, 0.15) is 13.2 Å². The highest BCUT2D eigenvalue weighted by Gasteiger charge is 2.10. The van der Waals surface area contributed by atoms with Crippen molar-refractivity contribution >= 4 is 5.91 Å². The predicted molar refractivity (Wildman–Crippen MR) is 143 cm³/mol. The van der Waals surface area contributed by atoms with E-state index in [0.29, 0.717) is 49.0 Å². The zero-order chi connectivity index (χ0) is 25.9. The van der Waals surface area contributed by atoms with Crippen LogP contribution in [0.3, 0.4) is 0 Å². The highest BCUT2D eigenvalue weighted by Crippen LogP contribution is 2.29. The number of hydrogen-bond acceptors (Lipinski definition) is 5. The molecule has 190 valence electrons. The van der Waals surface area contributed by atoms with E-state index in [0.717, 1.165) is 16.7 Å². The van der Waals surface area contributed by atoms with Crippen LogP contribution in [0.4, 0.5) is 0 Å². The van der Waals surface area contributed by atoms with E-state index in [9.17, 15) is 9.90 Å². The van der Waals surface area contributed by atoms with Gasteiger partial charge in [-0.05, 0) is 52.9 Å². The summed E-state index contributed by atoms with van der Waals surface area (Å²) in [5.74, 6) is 1.62. The number of amides is 1. The summed E-state index contributed by atoms with van der Waals surface area (Å²) >= 11 is 0. The van der Waals surface area contributed by atoms with E-state index in [-0.39, 0.29) is 18.1 Å². The molecule has 0 aliphatic carbocycles. The molecular formula is C31H31NO5. The zero-order valence-corrected chi connectivity index (χ0v) is 20.9. The molecule has 0 aliphatic rings. The SMILES string of the molecule is COc1cc(CCNC(=O)Cc2ccc(OCc3ccccc3)c(O)c2)ccc1OCc1ccccc1. The van der Waals surface area contributed by atoms with Crippen LogP contribution in [0.15, 0.2) is 97.1 Å². The fourth-order valence-electron chi connectivity index (χ4n) is 3.85. The van der Waals surface area contributed by atoms with Crippen molar-refractivity contribution in [2.24, 2.45) is 0 Å². The van der Waals surface area contributed by atoms with Gasteiger partial charge in [0.2, 0.25) is 5.91 Å². The van der Waals surface area contributed by atoms with Crippen molar-refractivity contribution in [3.63, 3.8) is 0 Å². The number of nitrogens with one attached hydrogen (secondary N) is 1.